The third-order valence-electron chi connectivity index (χ3n) is 6.91. The molecule has 148 valence electrons. The minimum Gasteiger partial charge on any atom is -0.465 e. The van der Waals surface area contributed by atoms with E-state index in [1.54, 1.807) is 6.92 Å². The lowest BCUT2D eigenvalue weighted by atomic mass is 9.69. The quantitative estimate of drug-likeness (QED) is 0.634. The van der Waals surface area contributed by atoms with Crippen molar-refractivity contribution in [2.45, 2.75) is 64.7 Å². The number of nitrogens with zero attached hydrogens (tertiary/aromatic N) is 1. The van der Waals surface area contributed by atoms with E-state index >= 15 is 0 Å². The summed E-state index contributed by atoms with van der Waals surface area (Å²) < 4.78 is 31.8. The van der Waals surface area contributed by atoms with Crippen LogP contribution in [-0.2, 0) is 24.3 Å². The van der Waals surface area contributed by atoms with Crippen molar-refractivity contribution in [2.24, 2.45) is 16.7 Å². The van der Waals surface area contributed by atoms with Crippen LogP contribution in [-0.4, -0.2) is 54.0 Å². The minimum atomic E-state index is -3.56. The second kappa shape index (κ2) is 6.69. The van der Waals surface area contributed by atoms with Crippen molar-refractivity contribution in [1.82, 2.24) is 4.31 Å². The van der Waals surface area contributed by atoms with E-state index in [1.165, 1.54) is 16.1 Å². The van der Waals surface area contributed by atoms with E-state index < -0.39 is 10.0 Å². The number of sulfonamides is 1. The molecule has 0 N–H and O–H groups in total. The zero-order valence-corrected chi connectivity index (χ0v) is 17.6. The number of carbonyl (C=O) groups excluding carboxylic acids is 2. The van der Waals surface area contributed by atoms with Gasteiger partial charge >= 0.3 is 5.97 Å². The Morgan fingerprint density at radius 2 is 2.04 bits per heavy atom. The summed E-state index contributed by atoms with van der Waals surface area (Å²) in [4.78, 5) is 24.4. The number of esters is 1. The molecule has 6 nitrogen and oxygen atoms in total. The van der Waals surface area contributed by atoms with Crippen molar-refractivity contribution in [3.8, 4) is 0 Å². The summed E-state index contributed by atoms with van der Waals surface area (Å²) in [5.41, 5.74) is -0.322. The summed E-state index contributed by atoms with van der Waals surface area (Å²) >= 11 is 1.33. The molecule has 1 heterocycles. The molecule has 1 aliphatic heterocycles. The Kier molecular flexibility index (Phi) is 5.14. The zero-order chi connectivity index (χ0) is 19.3. The van der Waals surface area contributed by atoms with Gasteiger partial charge in [0.1, 0.15) is 0 Å². The van der Waals surface area contributed by atoms with Crippen molar-refractivity contribution >= 4 is 33.7 Å². The van der Waals surface area contributed by atoms with Gasteiger partial charge in [-0.15, -0.1) is 11.8 Å². The van der Waals surface area contributed by atoms with Crippen LogP contribution in [0.4, 0.5) is 0 Å². The predicted molar refractivity (Wildman–Crippen MR) is 101 cm³/mol. The standard InChI is InChI=1S/C18H29NO5S2/c1-5-24-16(21)10-25-12(2)8-15(20)19-14-9-13-6-7-18(14,17(13,3)4)11-26(19,22)23/h12-14H,5-11H2,1-4H3. The summed E-state index contributed by atoms with van der Waals surface area (Å²) in [5.74, 6) is 0.147. The van der Waals surface area contributed by atoms with Gasteiger partial charge in [0.15, 0.2) is 0 Å². The lowest BCUT2D eigenvalue weighted by molar-refractivity contribution is -0.140. The van der Waals surface area contributed by atoms with Crippen LogP contribution in [0, 0.1) is 16.7 Å². The van der Waals surface area contributed by atoms with Crippen LogP contribution >= 0.6 is 11.8 Å². The first-order valence-corrected chi connectivity index (χ1v) is 12.0. The van der Waals surface area contributed by atoms with Crippen LogP contribution in [0.15, 0.2) is 0 Å². The highest BCUT2D eigenvalue weighted by molar-refractivity contribution is 8.00. The van der Waals surface area contributed by atoms with Crippen molar-refractivity contribution in [3.63, 3.8) is 0 Å². The van der Waals surface area contributed by atoms with Crippen LogP contribution < -0.4 is 0 Å². The molecule has 1 spiro atoms. The third kappa shape index (κ3) is 2.97. The Balaban J connectivity index is 1.69. The largest absolute Gasteiger partial charge is 0.465 e. The molecule has 2 saturated carbocycles. The van der Waals surface area contributed by atoms with E-state index in [0.717, 1.165) is 19.3 Å². The van der Waals surface area contributed by atoms with Gasteiger partial charge in [0.05, 0.1) is 24.2 Å². The predicted octanol–water partition coefficient (Wildman–Crippen LogP) is 2.43. The van der Waals surface area contributed by atoms with Gasteiger partial charge in [0.2, 0.25) is 15.9 Å². The molecule has 2 bridgehead atoms. The zero-order valence-electron chi connectivity index (χ0n) is 16.0. The van der Waals surface area contributed by atoms with Crippen LogP contribution in [0.2, 0.25) is 0 Å². The van der Waals surface area contributed by atoms with Gasteiger partial charge in [-0.1, -0.05) is 20.8 Å². The first kappa shape index (κ1) is 20.0. The average Bonchev–Trinajstić information content (AvgIpc) is 3.00. The molecule has 26 heavy (non-hydrogen) atoms. The third-order valence-corrected chi connectivity index (χ3v) is 9.99. The van der Waals surface area contributed by atoms with Gasteiger partial charge in [0, 0.05) is 17.1 Å². The lowest BCUT2D eigenvalue weighted by Gasteiger charge is -2.37. The molecule has 1 amide bonds. The topological polar surface area (TPSA) is 80.8 Å². The lowest BCUT2D eigenvalue weighted by Crippen LogP contribution is -2.44. The molecule has 0 aromatic carbocycles. The summed E-state index contributed by atoms with van der Waals surface area (Å²) in [7, 11) is -3.56. The Morgan fingerprint density at radius 3 is 2.65 bits per heavy atom. The van der Waals surface area contributed by atoms with Gasteiger partial charge in [-0.05, 0) is 37.5 Å². The summed E-state index contributed by atoms with van der Waals surface area (Å²) in [5, 5.41) is -0.134. The molecule has 1 saturated heterocycles. The number of hydrogen-bond acceptors (Lipinski definition) is 6. The van der Waals surface area contributed by atoms with Crippen molar-refractivity contribution in [3.05, 3.63) is 0 Å². The van der Waals surface area contributed by atoms with Crippen LogP contribution in [0.3, 0.4) is 0 Å². The van der Waals surface area contributed by atoms with Crippen LogP contribution in [0.25, 0.3) is 0 Å². The monoisotopic (exact) mass is 403 g/mol. The maximum atomic E-state index is 12.9. The number of rotatable bonds is 6. The van der Waals surface area contributed by atoms with Crippen LogP contribution in [0.5, 0.6) is 0 Å². The Bertz CT molecular complexity index is 704. The maximum Gasteiger partial charge on any atom is 0.315 e. The summed E-state index contributed by atoms with van der Waals surface area (Å²) in [6.07, 6.45) is 2.88. The fourth-order valence-corrected chi connectivity index (χ4v) is 8.75. The Hall–Kier alpha value is -0.760. The molecule has 0 radical (unpaired) electrons. The molecule has 3 fully saturated rings. The highest BCUT2D eigenvalue weighted by atomic mass is 32.2. The fraction of sp³-hybridized carbons (Fsp3) is 0.889. The average molecular weight is 404 g/mol. The first-order chi connectivity index (χ1) is 12.0. The van der Waals surface area contributed by atoms with Crippen molar-refractivity contribution in [2.75, 3.05) is 18.1 Å². The molecule has 4 atom stereocenters. The second-order valence-corrected chi connectivity index (χ2v) is 11.7. The van der Waals surface area contributed by atoms with Crippen molar-refractivity contribution < 1.29 is 22.7 Å². The Labute approximate surface area is 160 Å². The first-order valence-electron chi connectivity index (χ1n) is 9.37. The molecule has 2 aliphatic carbocycles. The molecular formula is C18H29NO5S2. The highest BCUT2D eigenvalue weighted by Crippen LogP contribution is 2.70. The number of amides is 1. The highest BCUT2D eigenvalue weighted by Gasteiger charge is 2.72. The van der Waals surface area contributed by atoms with E-state index in [0.29, 0.717) is 12.5 Å². The van der Waals surface area contributed by atoms with Crippen LogP contribution in [0.1, 0.15) is 53.4 Å². The van der Waals surface area contributed by atoms with Gasteiger partial charge in [-0.3, -0.25) is 9.59 Å². The fourth-order valence-electron chi connectivity index (χ4n) is 5.43. The van der Waals surface area contributed by atoms with Gasteiger partial charge in [0.25, 0.3) is 0 Å². The molecule has 3 rings (SSSR count). The van der Waals surface area contributed by atoms with E-state index in [2.05, 4.69) is 13.8 Å². The maximum absolute atomic E-state index is 12.9. The van der Waals surface area contributed by atoms with Gasteiger partial charge < -0.3 is 4.74 Å². The van der Waals surface area contributed by atoms with E-state index in [1.807, 2.05) is 6.92 Å². The van der Waals surface area contributed by atoms with Crippen molar-refractivity contribution in [1.29, 1.82) is 0 Å². The molecule has 4 unspecified atom stereocenters. The number of carbonyl (C=O) groups is 2. The normalized spacial score (nSPS) is 34.5. The molecule has 0 aromatic rings. The molecule has 0 aromatic heterocycles. The van der Waals surface area contributed by atoms with Gasteiger partial charge in [-0.25, -0.2) is 12.7 Å². The van der Waals surface area contributed by atoms with Gasteiger partial charge in [-0.2, -0.15) is 0 Å². The molecule has 8 heteroatoms. The Morgan fingerprint density at radius 1 is 1.35 bits per heavy atom. The smallest absolute Gasteiger partial charge is 0.315 e. The molecule has 3 aliphatic rings. The number of fused-ring (bicyclic) bond motifs is 1. The minimum absolute atomic E-state index is 0.0377. The number of ether oxygens (including phenoxy) is 1. The van der Waals surface area contributed by atoms with E-state index in [9.17, 15) is 18.0 Å². The summed E-state index contributed by atoms with van der Waals surface area (Å²) in [6, 6.07) is -0.184. The van der Waals surface area contributed by atoms with E-state index in [-0.39, 0.29) is 51.9 Å². The molecular weight excluding hydrogens is 374 g/mol. The van der Waals surface area contributed by atoms with E-state index in [4.69, 9.17) is 4.74 Å². The summed E-state index contributed by atoms with van der Waals surface area (Å²) in [6.45, 7) is 8.28. The second-order valence-electron chi connectivity index (χ2n) is 8.44. The number of hydrogen-bond donors (Lipinski definition) is 0. The number of thioether (sulfide) groups is 1. The SMILES string of the molecule is CCOC(=O)CSC(C)CC(=O)N1C2CC3CCC2(CS1(=O)=O)C3(C)C.